The van der Waals surface area contributed by atoms with Crippen LogP contribution in [0.2, 0.25) is 0 Å². The smallest absolute Gasteiger partial charge is 0.652 e. The van der Waals surface area contributed by atoms with Crippen molar-refractivity contribution in [3.63, 3.8) is 0 Å². The normalized spacial score (nSPS) is 4.80. The van der Waals surface area contributed by atoms with Crippen LogP contribution >= 0.6 is 0 Å². The van der Waals surface area contributed by atoms with E-state index >= 15 is 0 Å². The van der Waals surface area contributed by atoms with E-state index < -0.39 is 18.5 Å². The summed E-state index contributed by atoms with van der Waals surface area (Å²) in [6, 6.07) is 0. The second-order valence-corrected chi connectivity index (χ2v) is 0.750. The zero-order valence-corrected chi connectivity index (χ0v) is 20.6. The maximum Gasteiger partial charge on any atom is 2.00 e. The molecule has 0 aliphatic carbocycles. The Kier molecular flexibility index (Phi) is 72.0. The molecule has 15 heavy (non-hydrogen) atoms. The summed E-state index contributed by atoms with van der Waals surface area (Å²) in [6.07, 6.45) is -7.00. The van der Waals surface area contributed by atoms with E-state index in [0.29, 0.717) is 0 Å². The first-order valence-corrected chi connectivity index (χ1v) is 1.84. The van der Waals surface area contributed by atoms with E-state index in [4.69, 9.17) is 45.0 Å². The fourth-order valence-corrected chi connectivity index (χ4v) is 0. The second-order valence-electron chi connectivity index (χ2n) is 0.750. The molecule has 0 unspecified atom stereocenters. The molecule has 0 aromatic carbocycles. The molecule has 0 amide bonds. The molecule has 0 aliphatic rings. The summed E-state index contributed by atoms with van der Waals surface area (Å²) in [5.74, 6) is 0. The van der Waals surface area contributed by atoms with Gasteiger partial charge in [-0.3, -0.25) is 0 Å². The van der Waals surface area contributed by atoms with E-state index in [1.54, 1.807) is 0 Å². The molecule has 0 heterocycles. The predicted octanol–water partition coefficient (Wildman–Crippen LogP) is -8.48. The Bertz CT molecular complexity index is 118. The molecule has 9 nitrogen and oxygen atoms in total. The van der Waals surface area contributed by atoms with Crippen molar-refractivity contribution in [2.24, 2.45) is 0 Å². The minimum Gasteiger partial charge on any atom is -0.652 e. The van der Waals surface area contributed by atoms with Crippen LogP contribution in [0.3, 0.4) is 0 Å². The maximum absolute atomic E-state index is 8.33. The standard InChI is InChI=1S/3CH2O3.3Ba/c3*2-1(3)4;;;/h3*(H2,2,3,4);;;/q;;;3*+2/p-6. The first-order valence-electron chi connectivity index (χ1n) is 1.84. The Morgan fingerprint density at radius 2 is 0.467 bits per heavy atom. The van der Waals surface area contributed by atoms with Crippen molar-refractivity contribution >= 4 is 165 Å². The van der Waals surface area contributed by atoms with Crippen LogP contribution in [0, 0.1) is 0 Å². The monoisotopic (exact) mass is 594 g/mol. The summed E-state index contributed by atoms with van der Waals surface area (Å²) in [6.45, 7) is 0. The third-order valence-electron chi connectivity index (χ3n) is 0. The van der Waals surface area contributed by atoms with Gasteiger partial charge < -0.3 is 45.0 Å². The average Bonchev–Trinajstić information content (AvgIpc) is 1.54. The van der Waals surface area contributed by atoms with Crippen molar-refractivity contribution < 1.29 is 45.0 Å². The number of rotatable bonds is 0. The molecule has 0 saturated heterocycles. The van der Waals surface area contributed by atoms with Crippen molar-refractivity contribution in [3.05, 3.63) is 0 Å². The average molecular weight is 592 g/mol. The van der Waals surface area contributed by atoms with Gasteiger partial charge in [0.25, 0.3) is 0 Å². The third kappa shape index (κ3) is 547. The fourth-order valence-electron chi connectivity index (χ4n) is 0. The van der Waals surface area contributed by atoms with E-state index in [0.717, 1.165) is 0 Å². The number of hydrogen-bond acceptors (Lipinski definition) is 9. The zero-order valence-electron chi connectivity index (χ0n) is 7.30. The molecule has 12 heteroatoms. The van der Waals surface area contributed by atoms with Crippen molar-refractivity contribution in [2.75, 3.05) is 0 Å². The zero-order chi connectivity index (χ0) is 10.7. The van der Waals surface area contributed by atoms with Crippen molar-refractivity contribution in [2.45, 2.75) is 0 Å². The van der Waals surface area contributed by atoms with Gasteiger partial charge in [0.15, 0.2) is 0 Å². The van der Waals surface area contributed by atoms with Crippen LogP contribution in [0.4, 0.5) is 14.4 Å². The van der Waals surface area contributed by atoms with Gasteiger partial charge in [-0.1, -0.05) is 0 Å². The summed E-state index contributed by atoms with van der Waals surface area (Å²) in [7, 11) is 0. The van der Waals surface area contributed by atoms with Crippen molar-refractivity contribution in [1.82, 2.24) is 0 Å². The summed E-state index contributed by atoms with van der Waals surface area (Å²) in [5, 5.41) is 50.0. The Balaban J connectivity index is -0.0000000184. The molecule has 0 spiro atoms. The predicted molar refractivity (Wildman–Crippen MR) is 33.4 cm³/mol. The number of hydrogen-bond donors (Lipinski definition) is 0. The fraction of sp³-hybridized carbons (Fsp3) is 0. The van der Waals surface area contributed by atoms with E-state index in [2.05, 4.69) is 0 Å². The molecule has 0 N–H and O–H groups in total. The second kappa shape index (κ2) is 30.0. The van der Waals surface area contributed by atoms with Crippen LogP contribution in [0.25, 0.3) is 0 Å². The van der Waals surface area contributed by atoms with E-state index in [-0.39, 0.29) is 147 Å². The largest absolute Gasteiger partial charge is 2.00 e. The Morgan fingerprint density at radius 3 is 0.467 bits per heavy atom. The van der Waals surface area contributed by atoms with Gasteiger partial charge in [-0.15, -0.1) is 0 Å². The molecule has 0 aromatic heterocycles. The van der Waals surface area contributed by atoms with E-state index in [1.807, 2.05) is 0 Å². The quantitative estimate of drug-likeness (QED) is 0.246. The Labute approximate surface area is 204 Å². The van der Waals surface area contributed by atoms with Crippen molar-refractivity contribution in [1.29, 1.82) is 0 Å². The Morgan fingerprint density at radius 1 is 0.467 bits per heavy atom. The first kappa shape index (κ1) is 36.0. The van der Waals surface area contributed by atoms with Gasteiger partial charge >= 0.3 is 147 Å². The molecule has 0 bridgehead atoms. The SMILES string of the molecule is O=C([O-])[O-].O=C([O-])[O-].O=C([O-])[O-].[Ba+2].[Ba+2].[Ba+2]. The van der Waals surface area contributed by atoms with Gasteiger partial charge in [0, 0.05) is 0 Å². The van der Waals surface area contributed by atoms with Gasteiger partial charge in [-0.2, -0.15) is 0 Å². The molecule has 0 fully saturated rings. The van der Waals surface area contributed by atoms with Gasteiger partial charge in [0.1, 0.15) is 0 Å². The van der Waals surface area contributed by atoms with E-state index in [9.17, 15) is 0 Å². The van der Waals surface area contributed by atoms with Crippen LogP contribution in [-0.4, -0.2) is 165 Å². The van der Waals surface area contributed by atoms with Gasteiger partial charge in [-0.25, -0.2) is 0 Å². The molecule has 0 aliphatic heterocycles. The van der Waals surface area contributed by atoms with Crippen LogP contribution in [0.1, 0.15) is 0 Å². The third-order valence-corrected chi connectivity index (χ3v) is 0. The molecule has 72 valence electrons. The summed E-state index contributed by atoms with van der Waals surface area (Å²) in [4.78, 5) is 25.0. The van der Waals surface area contributed by atoms with Gasteiger partial charge in [-0.05, 0) is 18.5 Å². The molecular weight excluding hydrogens is 592 g/mol. The number of carbonyl (C=O) groups is 3. The van der Waals surface area contributed by atoms with Gasteiger partial charge in [0.2, 0.25) is 0 Å². The molecule has 0 radical (unpaired) electrons. The molecule has 0 aromatic rings. The maximum atomic E-state index is 8.33. The minimum atomic E-state index is -2.33. The van der Waals surface area contributed by atoms with E-state index in [1.165, 1.54) is 0 Å². The van der Waals surface area contributed by atoms with Crippen LogP contribution in [-0.2, 0) is 0 Å². The minimum absolute atomic E-state index is 0. The molecule has 0 saturated carbocycles. The summed E-state index contributed by atoms with van der Waals surface area (Å²) < 4.78 is 0. The van der Waals surface area contributed by atoms with Crippen molar-refractivity contribution in [3.8, 4) is 0 Å². The topological polar surface area (TPSA) is 190 Å². The summed E-state index contributed by atoms with van der Waals surface area (Å²) in [5.41, 5.74) is 0. The first-order chi connectivity index (χ1) is 5.20. The molecule has 0 rings (SSSR count). The van der Waals surface area contributed by atoms with Gasteiger partial charge in [0.05, 0.1) is 0 Å². The molecular formula is C3Ba3O9. The number of carbonyl (C=O) groups excluding carboxylic acids is 3. The van der Waals surface area contributed by atoms with Crippen LogP contribution < -0.4 is 30.6 Å². The summed E-state index contributed by atoms with van der Waals surface area (Å²) >= 11 is 0. The molecule has 0 atom stereocenters. The van der Waals surface area contributed by atoms with Crippen LogP contribution in [0.15, 0.2) is 0 Å². The Hall–Kier alpha value is 2.52. The number of carboxylic acid groups (broad SMARTS) is 6. The van der Waals surface area contributed by atoms with Crippen LogP contribution in [0.5, 0.6) is 0 Å².